The lowest BCUT2D eigenvalue weighted by Crippen LogP contribution is -2.08. The number of nitrogens with two attached hydrogens (primary N) is 1. The van der Waals surface area contributed by atoms with E-state index in [-0.39, 0.29) is 0 Å². The van der Waals surface area contributed by atoms with Crippen LogP contribution in [0, 0.1) is 5.92 Å². The van der Waals surface area contributed by atoms with Gasteiger partial charge in [-0.1, -0.05) is 116 Å². The highest BCUT2D eigenvalue weighted by Gasteiger charge is 2.24. The van der Waals surface area contributed by atoms with Crippen LogP contribution in [0.15, 0.2) is 146 Å². The molecular weight excluding hydrogens is 595 g/mol. The summed E-state index contributed by atoms with van der Waals surface area (Å²) in [5, 5.41) is 6.06. The zero-order chi connectivity index (χ0) is 32.6. The molecule has 7 aromatic carbocycles. The Morgan fingerprint density at radius 3 is 2.16 bits per heavy atom. The molecule has 9 aromatic rings. The molecule has 0 fully saturated rings. The predicted molar refractivity (Wildman–Crippen MR) is 208 cm³/mol. The second kappa shape index (κ2) is 10.7. The van der Waals surface area contributed by atoms with E-state index in [0.717, 1.165) is 45.1 Å². The van der Waals surface area contributed by atoms with Gasteiger partial charge in [0.1, 0.15) is 5.65 Å². The number of rotatable bonds is 3. The largest absolute Gasteiger partial charge is 0.399 e. The number of imidazole rings is 1. The molecule has 0 saturated heterocycles. The minimum absolute atomic E-state index is 0.484. The van der Waals surface area contributed by atoms with Crippen LogP contribution < -0.4 is 5.73 Å². The number of fused-ring (bicyclic) bond motifs is 10. The van der Waals surface area contributed by atoms with E-state index >= 15 is 0 Å². The molecule has 0 bridgehead atoms. The van der Waals surface area contributed by atoms with Gasteiger partial charge in [-0.3, -0.25) is 4.40 Å². The number of aromatic nitrogens is 2. The maximum Gasteiger partial charge on any atom is 0.146 e. The first-order chi connectivity index (χ1) is 24.1. The Bertz CT molecular complexity index is 2820. The van der Waals surface area contributed by atoms with Gasteiger partial charge in [0.15, 0.2) is 0 Å². The van der Waals surface area contributed by atoms with Crippen molar-refractivity contribution in [3.05, 3.63) is 157 Å². The van der Waals surface area contributed by atoms with Gasteiger partial charge in [-0.05, 0) is 115 Å². The third-order valence-corrected chi connectivity index (χ3v) is 10.4. The fraction of sp³-hybridized carbons (Fsp3) is 0.0652. The van der Waals surface area contributed by atoms with E-state index in [1.165, 1.54) is 60.7 Å². The van der Waals surface area contributed by atoms with Crippen LogP contribution in [0.4, 0.5) is 5.69 Å². The highest BCUT2D eigenvalue weighted by atomic mass is 15.0. The number of hydrogen-bond acceptors (Lipinski definition) is 2. The molecular formula is C46H33N3. The van der Waals surface area contributed by atoms with Crippen molar-refractivity contribution in [2.45, 2.75) is 13.3 Å². The highest BCUT2D eigenvalue weighted by Crippen LogP contribution is 2.46. The van der Waals surface area contributed by atoms with Crippen molar-refractivity contribution in [1.29, 1.82) is 0 Å². The number of para-hydroxylation sites is 2. The average molecular weight is 628 g/mol. The van der Waals surface area contributed by atoms with E-state index in [4.69, 9.17) is 10.7 Å². The molecule has 0 radical (unpaired) electrons. The zero-order valence-electron chi connectivity index (χ0n) is 27.2. The van der Waals surface area contributed by atoms with Crippen LogP contribution in [0.25, 0.3) is 88.6 Å². The van der Waals surface area contributed by atoms with Crippen molar-refractivity contribution in [3.8, 4) is 33.4 Å². The Kier molecular flexibility index (Phi) is 6.07. The monoisotopic (exact) mass is 627 g/mol. The first-order valence-corrected chi connectivity index (χ1v) is 17.1. The van der Waals surface area contributed by atoms with Crippen LogP contribution in [-0.2, 0) is 6.42 Å². The van der Waals surface area contributed by atoms with E-state index < -0.39 is 0 Å². The highest BCUT2D eigenvalue weighted by molar-refractivity contribution is 6.15. The molecule has 3 heteroatoms. The van der Waals surface area contributed by atoms with E-state index in [0.29, 0.717) is 5.92 Å². The van der Waals surface area contributed by atoms with E-state index in [9.17, 15) is 0 Å². The van der Waals surface area contributed by atoms with Crippen LogP contribution >= 0.6 is 0 Å². The summed E-state index contributed by atoms with van der Waals surface area (Å²) in [6.07, 6.45) is 5.77. The van der Waals surface area contributed by atoms with Gasteiger partial charge in [-0.15, -0.1) is 0 Å². The molecule has 10 rings (SSSR count). The summed E-state index contributed by atoms with van der Waals surface area (Å²) in [6.45, 7) is 2.32. The molecule has 0 saturated carbocycles. The molecule has 2 aromatic heterocycles. The quantitative estimate of drug-likeness (QED) is 0.156. The molecule has 2 N–H and O–H groups in total. The third kappa shape index (κ3) is 4.25. The molecule has 0 unspecified atom stereocenters. The van der Waals surface area contributed by atoms with Crippen molar-refractivity contribution < 1.29 is 0 Å². The number of anilines is 1. The second-order valence-corrected chi connectivity index (χ2v) is 13.5. The number of nitrogen functional groups attached to an aromatic ring is 1. The normalized spacial score (nSPS) is 14.3. The Labute approximate surface area is 284 Å². The van der Waals surface area contributed by atoms with E-state index in [1.54, 1.807) is 0 Å². The Morgan fingerprint density at radius 2 is 1.29 bits per heavy atom. The van der Waals surface area contributed by atoms with Gasteiger partial charge in [0.2, 0.25) is 0 Å². The molecule has 3 nitrogen and oxygen atoms in total. The predicted octanol–water partition coefficient (Wildman–Crippen LogP) is 11.7. The number of hydrogen-bond donors (Lipinski definition) is 1. The fourth-order valence-electron chi connectivity index (χ4n) is 8.21. The first-order valence-electron chi connectivity index (χ1n) is 17.1. The third-order valence-electron chi connectivity index (χ3n) is 10.4. The topological polar surface area (TPSA) is 43.3 Å². The summed E-state index contributed by atoms with van der Waals surface area (Å²) >= 11 is 0. The van der Waals surface area contributed by atoms with Crippen LogP contribution in [-0.4, -0.2) is 9.38 Å². The van der Waals surface area contributed by atoms with Crippen molar-refractivity contribution in [2.75, 3.05) is 5.73 Å². The standard InChI is InChI=1S/C46H33N3/c1-28-18-21-37-40(24-28)44(29-10-3-2-4-11-29)35-14-5-6-15-36(35)45(37)32-13-9-12-30(25-32)31-19-22-38-39(26-31)34-23-20-33(47)27-43(34)49-42-17-8-7-16-41(42)48-46(38)49/h2-23,25-28H,24,47H2,1H3/t28-/m1/s1. The minimum atomic E-state index is 0.484. The van der Waals surface area contributed by atoms with Crippen LogP contribution in [0.5, 0.6) is 0 Å². The summed E-state index contributed by atoms with van der Waals surface area (Å²) in [5.74, 6) is 0.484. The van der Waals surface area contributed by atoms with Gasteiger partial charge >= 0.3 is 0 Å². The maximum atomic E-state index is 6.36. The summed E-state index contributed by atoms with van der Waals surface area (Å²) in [4.78, 5) is 5.10. The van der Waals surface area contributed by atoms with Gasteiger partial charge in [-0.2, -0.15) is 0 Å². The van der Waals surface area contributed by atoms with Crippen molar-refractivity contribution in [2.24, 2.45) is 5.92 Å². The van der Waals surface area contributed by atoms with Crippen LogP contribution in [0.1, 0.15) is 18.1 Å². The SMILES string of the molecule is C[C@@H]1C=Cc2c(c(-c3ccccc3)c3ccccc3c2-c2cccc(-c3ccc4c(c3)c3ccc(N)cc3n3c5ccccc5nc43)c2)C1. The molecule has 1 aliphatic carbocycles. The van der Waals surface area contributed by atoms with Gasteiger partial charge in [0.25, 0.3) is 0 Å². The summed E-state index contributed by atoms with van der Waals surface area (Å²) in [7, 11) is 0. The molecule has 2 heterocycles. The lowest BCUT2D eigenvalue weighted by atomic mass is 9.78. The van der Waals surface area contributed by atoms with Gasteiger partial charge in [0.05, 0.1) is 16.6 Å². The first kappa shape index (κ1) is 27.9. The van der Waals surface area contributed by atoms with Crippen molar-refractivity contribution in [3.63, 3.8) is 0 Å². The van der Waals surface area contributed by atoms with Gasteiger partial charge in [0, 0.05) is 16.5 Å². The molecule has 1 aliphatic rings. The van der Waals surface area contributed by atoms with Crippen molar-refractivity contribution >= 4 is 60.9 Å². The van der Waals surface area contributed by atoms with Crippen molar-refractivity contribution in [1.82, 2.24) is 9.38 Å². The van der Waals surface area contributed by atoms with E-state index in [1.807, 2.05) is 12.1 Å². The van der Waals surface area contributed by atoms with Crippen LogP contribution in [0.2, 0.25) is 0 Å². The minimum Gasteiger partial charge on any atom is -0.399 e. The molecule has 232 valence electrons. The Morgan fingerprint density at radius 1 is 0.571 bits per heavy atom. The smallest absolute Gasteiger partial charge is 0.146 e. The molecule has 0 spiro atoms. The fourth-order valence-corrected chi connectivity index (χ4v) is 8.21. The van der Waals surface area contributed by atoms with Crippen LogP contribution in [0.3, 0.4) is 0 Å². The zero-order valence-corrected chi connectivity index (χ0v) is 27.2. The molecule has 49 heavy (non-hydrogen) atoms. The molecule has 0 amide bonds. The van der Waals surface area contributed by atoms with Gasteiger partial charge in [-0.25, -0.2) is 4.98 Å². The number of allylic oxidation sites excluding steroid dienone is 1. The number of nitrogens with zero attached hydrogens (tertiary/aromatic N) is 2. The summed E-state index contributed by atoms with van der Waals surface area (Å²) in [5.41, 5.74) is 21.5. The summed E-state index contributed by atoms with van der Waals surface area (Å²) in [6, 6.07) is 50.3. The molecule has 0 aliphatic heterocycles. The number of pyridine rings is 1. The molecule has 1 atom stereocenters. The number of benzene rings is 7. The lowest BCUT2D eigenvalue weighted by Gasteiger charge is -2.26. The average Bonchev–Trinajstić information content (AvgIpc) is 3.54. The Balaban J connectivity index is 1.21. The lowest BCUT2D eigenvalue weighted by molar-refractivity contribution is 0.719. The second-order valence-electron chi connectivity index (χ2n) is 13.5. The Hall–Kier alpha value is -6.19. The maximum absolute atomic E-state index is 6.36. The summed E-state index contributed by atoms with van der Waals surface area (Å²) < 4.78 is 2.26. The van der Waals surface area contributed by atoms with E-state index in [2.05, 4.69) is 151 Å². The van der Waals surface area contributed by atoms with Gasteiger partial charge < -0.3 is 5.73 Å².